The van der Waals surface area contributed by atoms with Gasteiger partial charge in [0.15, 0.2) is 5.79 Å². The van der Waals surface area contributed by atoms with Crippen LogP contribution in [0.4, 0.5) is 0 Å². The van der Waals surface area contributed by atoms with Crippen LogP contribution in [-0.2, 0) is 28.6 Å². The summed E-state index contributed by atoms with van der Waals surface area (Å²) < 4.78 is 39.2. The fourth-order valence-corrected chi connectivity index (χ4v) is 3.99. The van der Waals surface area contributed by atoms with E-state index in [2.05, 4.69) is 0 Å². The summed E-state index contributed by atoms with van der Waals surface area (Å²) in [4.78, 5) is 13.7. The van der Waals surface area contributed by atoms with E-state index in [1.165, 1.54) is 0 Å². The second kappa shape index (κ2) is 4.40. The maximum absolute atomic E-state index is 12.0. The van der Waals surface area contributed by atoms with E-state index in [1.807, 2.05) is 13.8 Å². The molecule has 3 aliphatic rings. The Balaban J connectivity index is 1.78. The highest BCUT2D eigenvalue weighted by atomic mass is 32.2. The lowest BCUT2D eigenvalue weighted by Crippen LogP contribution is -2.52. The average Bonchev–Trinajstić information content (AvgIpc) is 2.70. The minimum absolute atomic E-state index is 0.0876. The molecule has 3 heterocycles. The highest BCUT2D eigenvalue weighted by Crippen LogP contribution is 2.39. The van der Waals surface area contributed by atoms with Crippen LogP contribution in [0.3, 0.4) is 0 Å². The summed E-state index contributed by atoms with van der Waals surface area (Å²) in [5.74, 6) is -0.749. The van der Waals surface area contributed by atoms with Crippen molar-refractivity contribution in [1.82, 2.24) is 4.90 Å². The topological polar surface area (TPSA) is 82.1 Å². The molecule has 7 nitrogen and oxygen atoms in total. The molecule has 1 amide bonds. The third kappa shape index (κ3) is 2.57. The number of rotatable bonds is 2. The Hall–Kier alpha value is -0.700. The van der Waals surface area contributed by atoms with Gasteiger partial charge >= 0.3 is 0 Å². The van der Waals surface area contributed by atoms with Gasteiger partial charge in [0.2, 0.25) is 5.91 Å². The van der Waals surface area contributed by atoms with Crippen LogP contribution in [0.15, 0.2) is 0 Å². The molecule has 0 aromatic rings. The Bertz CT molecular complexity index is 530. The lowest BCUT2D eigenvalue weighted by molar-refractivity contribution is -0.146. The molecule has 8 heteroatoms. The summed E-state index contributed by atoms with van der Waals surface area (Å²) >= 11 is 0. The van der Waals surface area contributed by atoms with E-state index in [0.29, 0.717) is 13.0 Å². The van der Waals surface area contributed by atoms with Gasteiger partial charge in [0, 0.05) is 6.54 Å². The molecule has 0 N–H and O–H groups in total. The molecule has 3 fully saturated rings. The smallest absolute Gasteiger partial charge is 0.264 e. The number of piperidine rings is 1. The summed E-state index contributed by atoms with van der Waals surface area (Å²) in [7, 11) is -3.58. The van der Waals surface area contributed by atoms with Crippen LogP contribution in [0.5, 0.6) is 0 Å². The van der Waals surface area contributed by atoms with Crippen LogP contribution in [-0.4, -0.2) is 62.2 Å². The highest BCUT2D eigenvalue weighted by molar-refractivity contribution is 7.86. The summed E-state index contributed by atoms with van der Waals surface area (Å²) in [6.45, 7) is 4.10. The van der Waals surface area contributed by atoms with Crippen molar-refractivity contribution < 1.29 is 26.9 Å². The van der Waals surface area contributed by atoms with Crippen LogP contribution in [0, 0.1) is 0 Å². The van der Waals surface area contributed by atoms with Crippen LogP contribution in [0.1, 0.15) is 26.7 Å². The van der Waals surface area contributed by atoms with Crippen molar-refractivity contribution >= 4 is 16.0 Å². The number of amides is 1. The van der Waals surface area contributed by atoms with Crippen molar-refractivity contribution in [2.75, 3.05) is 12.8 Å². The molecule has 0 spiro atoms. The van der Waals surface area contributed by atoms with E-state index >= 15 is 0 Å². The van der Waals surface area contributed by atoms with Gasteiger partial charge < -0.3 is 14.4 Å². The Morgan fingerprint density at radius 1 is 1.30 bits per heavy atom. The molecular weight excluding hydrogens is 286 g/mol. The Labute approximate surface area is 118 Å². The van der Waals surface area contributed by atoms with E-state index in [4.69, 9.17) is 13.7 Å². The van der Waals surface area contributed by atoms with Crippen molar-refractivity contribution in [2.45, 2.75) is 56.8 Å². The molecule has 3 aliphatic heterocycles. The van der Waals surface area contributed by atoms with Gasteiger partial charge in [-0.1, -0.05) is 0 Å². The summed E-state index contributed by atoms with van der Waals surface area (Å²) in [6.07, 6.45) is 0.751. The number of hydrogen-bond donors (Lipinski definition) is 0. The number of carbonyl (C=O) groups excluding carboxylic acids is 1. The van der Waals surface area contributed by atoms with Gasteiger partial charge in [-0.25, -0.2) is 0 Å². The molecule has 0 bridgehead atoms. The third-order valence-corrected chi connectivity index (χ3v) is 4.56. The predicted molar refractivity (Wildman–Crippen MR) is 68.3 cm³/mol. The number of ether oxygens (including phenoxy) is 2. The van der Waals surface area contributed by atoms with Crippen molar-refractivity contribution in [2.24, 2.45) is 0 Å². The summed E-state index contributed by atoms with van der Waals surface area (Å²) in [5, 5.41) is 0. The second-order valence-electron chi connectivity index (χ2n) is 6.10. The normalized spacial score (nSPS) is 39.8. The number of nitrogens with zero attached hydrogens (tertiary/aromatic N) is 1. The Morgan fingerprint density at radius 2 is 1.95 bits per heavy atom. The number of carbonyl (C=O) groups is 1. The van der Waals surface area contributed by atoms with Crippen LogP contribution >= 0.6 is 0 Å². The first kappa shape index (κ1) is 14.2. The zero-order valence-electron chi connectivity index (χ0n) is 11.7. The standard InChI is InChI=1S/C12H19NO6S/c1-12(2)17-9-4-7-8(19-20(3,15)16)5-11(14)13(7)6-10(9)18-12/h7-10H,4-6H2,1-3H3/t7-,8-,9+,10-/m1/s1. The molecule has 0 aromatic heterocycles. The van der Waals surface area contributed by atoms with Crippen molar-refractivity contribution in [3.8, 4) is 0 Å². The SMILES string of the molecule is CC1(C)O[C@H]2C[C@@H]3[C@H](OS(C)(=O)=O)CC(=O)N3C[C@H]2O1. The minimum Gasteiger partial charge on any atom is -0.344 e. The van der Waals surface area contributed by atoms with Crippen molar-refractivity contribution in [3.63, 3.8) is 0 Å². The number of fused-ring (bicyclic) bond motifs is 2. The van der Waals surface area contributed by atoms with Crippen LogP contribution in [0.25, 0.3) is 0 Å². The van der Waals surface area contributed by atoms with Gasteiger partial charge in [0.05, 0.1) is 24.8 Å². The highest BCUT2D eigenvalue weighted by Gasteiger charge is 2.53. The molecule has 0 saturated carbocycles. The first-order valence-electron chi connectivity index (χ1n) is 6.68. The van der Waals surface area contributed by atoms with Gasteiger partial charge in [-0.3, -0.25) is 8.98 Å². The average molecular weight is 305 g/mol. The van der Waals surface area contributed by atoms with E-state index in [0.717, 1.165) is 6.26 Å². The maximum Gasteiger partial charge on any atom is 0.264 e. The van der Waals surface area contributed by atoms with Gasteiger partial charge in [-0.05, 0) is 20.3 Å². The lowest BCUT2D eigenvalue weighted by Gasteiger charge is -2.37. The molecule has 0 aliphatic carbocycles. The molecule has 3 rings (SSSR count). The molecule has 114 valence electrons. The van der Waals surface area contributed by atoms with E-state index in [1.54, 1.807) is 4.90 Å². The van der Waals surface area contributed by atoms with Gasteiger partial charge in [0.25, 0.3) is 10.1 Å². The first-order chi connectivity index (χ1) is 9.15. The fourth-order valence-electron chi connectivity index (χ4n) is 3.35. The zero-order chi connectivity index (χ0) is 14.7. The second-order valence-corrected chi connectivity index (χ2v) is 7.71. The Morgan fingerprint density at radius 3 is 2.60 bits per heavy atom. The molecule has 4 atom stereocenters. The monoisotopic (exact) mass is 305 g/mol. The van der Waals surface area contributed by atoms with E-state index in [-0.39, 0.29) is 30.6 Å². The predicted octanol–water partition coefficient (Wildman–Crippen LogP) is -0.144. The first-order valence-corrected chi connectivity index (χ1v) is 8.50. The van der Waals surface area contributed by atoms with Gasteiger partial charge in [0.1, 0.15) is 12.2 Å². The quantitative estimate of drug-likeness (QED) is 0.660. The van der Waals surface area contributed by atoms with Gasteiger partial charge in [-0.2, -0.15) is 8.42 Å². The van der Waals surface area contributed by atoms with Crippen molar-refractivity contribution in [1.29, 1.82) is 0 Å². The van der Waals surface area contributed by atoms with E-state index in [9.17, 15) is 13.2 Å². The third-order valence-electron chi connectivity index (χ3n) is 3.96. The van der Waals surface area contributed by atoms with Crippen LogP contribution in [0.2, 0.25) is 0 Å². The minimum atomic E-state index is -3.58. The molecule has 0 aromatic carbocycles. The van der Waals surface area contributed by atoms with Crippen LogP contribution < -0.4 is 0 Å². The molecular formula is C12H19NO6S. The van der Waals surface area contributed by atoms with Crippen molar-refractivity contribution in [3.05, 3.63) is 0 Å². The fraction of sp³-hybridized carbons (Fsp3) is 0.917. The lowest BCUT2D eigenvalue weighted by atomic mass is 9.96. The Kier molecular flexibility index (Phi) is 3.13. The largest absolute Gasteiger partial charge is 0.344 e. The summed E-state index contributed by atoms with van der Waals surface area (Å²) in [6, 6.07) is -0.254. The molecule has 0 radical (unpaired) electrons. The molecule has 0 unspecified atom stereocenters. The van der Waals surface area contributed by atoms with Gasteiger partial charge in [-0.15, -0.1) is 0 Å². The maximum atomic E-state index is 12.0. The molecule has 3 saturated heterocycles. The molecule has 20 heavy (non-hydrogen) atoms. The summed E-state index contributed by atoms with van der Waals surface area (Å²) in [5.41, 5.74) is 0. The van der Waals surface area contributed by atoms with E-state index < -0.39 is 22.0 Å². The zero-order valence-corrected chi connectivity index (χ0v) is 12.6. The number of hydrogen-bond acceptors (Lipinski definition) is 6.